The van der Waals surface area contributed by atoms with E-state index in [4.69, 9.17) is 9.15 Å². The molecule has 1 fully saturated rings. The maximum atomic E-state index is 12.7. The Morgan fingerprint density at radius 2 is 1.55 bits per heavy atom. The summed E-state index contributed by atoms with van der Waals surface area (Å²) in [4.78, 5) is 12.7. The first-order valence-corrected chi connectivity index (χ1v) is 9.34. The maximum Gasteiger partial charge on any atom is 0.197 e. The minimum absolute atomic E-state index is 0.000433. The lowest BCUT2D eigenvalue weighted by Gasteiger charge is -2.39. The van der Waals surface area contributed by atoms with Crippen LogP contribution in [-0.4, -0.2) is 60.2 Å². The van der Waals surface area contributed by atoms with Crippen LogP contribution in [0.1, 0.15) is 18.6 Å². The van der Waals surface area contributed by atoms with E-state index in [0.717, 1.165) is 12.1 Å². The molecular weight excluding hydrogens is 412 g/mol. The van der Waals surface area contributed by atoms with Gasteiger partial charge in [0.2, 0.25) is 0 Å². The van der Waals surface area contributed by atoms with Gasteiger partial charge in [-0.25, -0.2) is 0 Å². The molecule has 7 N–H and O–H groups in total. The smallest absolute Gasteiger partial charge is 0.197 e. The van der Waals surface area contributed by atoms with Gasteiger partial charge < -0.3 is 44.9 Å². The number of rotatable bonds is 2. The van der Waals surface area contributed by atoms with Gasteiger partial charge in [-0.15, -0.1) is 0 Å². The van der Waals surface area contributed by atoms with Gasteiger partial charge in [-0.05, 0) is 25.1 Å². The fourth-order valence-electron chi connectivity index (χ4n) is 3.69. The van der Waals surface area contributed by atoms with Crippen LogP contribution in [0.2, 0.25) is 0 Å². The summed E-state index contributed by atoms with van der Waals surface area (Å²) in [6, 6.07) is 5.87. The Labute approximate surface area is 174 Å². The topological polar surface area (TPSA) is 181 Å². The summed E-state index contributed by atoms with van der Waals surface area (Å²) in [6.45, 7) is 1.44. The zero-order chi connectivity index (χ0) is 22.6. The predicted molar refractivity (Wildman–Crippen MR) is 106 cm³/mol. The molecule has 1 aromatic heterocycles. The average molecular weight is 432 g/mol. The lowest BCUT2D eigenvalue weighted by molar-refractivity contribution is -0.220. The summed E-state index contributed by atoms with van der Waals surface area (Å²) in [7, 11) is 0. The van der Waals surface area contributed by atoms with Crippen molar-refractivity contribution in [3.05, 3.63) is 46.1 Å². The fourth-order valence-corrected chi connectivity index (χ4v) is 3.69. The van der Waals surface area contributed by atoms with E-state index in [1.54, 1.807) is 0 Å². The molecule has 0 spiro atoms. The van der Waals surface area contributed by atoms with Gasteiger partial charge >= 0.3 is 0 Å². The summed E-state index contributed by atoms with van der Waals surface area (Å²) in [6.07, 6.45) is -7.04. The standard InChI is InChI=1S/C21H20O10/c1-7-17(26)19(28)20(29)21(30-7)16-12(25)6-14-15(18(16)27)11(24)5-13(31-14)8-2-3-9(22)10(23)4-8/h2-7,17,19-23,25-29H,1H3/t7-,17+,19+,20-,21+/m1/s1. The third-order valence-corrected chi connectivity index (χ3v) is 5.41. The van der Waals surface area contributed by atoms with Crippen LogP contribution in [0.5, 0.6) is 23.0 Å². The molecule has 2 heterocycles. The Morgan fingerprint density at radius 1 is 0.839 bits per heavy atom. The Hall–Kier alpha value is -3.31. The lowest BCUT2D eigenvalue weighted by Crippen LogP contribution is -2.53. The van der Waals surface area contributed by atoms with Crippen molar-refractivity contribution in [3.8, 4) is 34.3 Å². The van der Waals surface area contributed by atoms with Crippen molar-refractivity contribution in [3.63, 3.8) is 0 Å². The van der Waals surface area contributed by atoms with E-state index in [9.17, 15) is 40.5 Å². The highest BCUT2D eigenvalue weighted by molar-refractivity contribution is 5.88. The monoisotopic (exact) mass is 432 g/mol. The second kappa shape index (κ2) is 7.43. The largest absolute Gasteiger partial charge is 0.507 e. The third kappa shape index (κ3) is 3.35. The third-order valence-electron chi connectivity index (χ3n) is 5.41. The highest BCUT2D eigenvalue weighted by Gasteiger charge is 2.44. The molecule has 1 aliphatic rings. The minimum Gasteiger partial charge on any atom is -0.507 e. The zero-order valence-electron chi connectivity index (χ0n) is 16.1. The number of aliphatic hydroxyl groups is 3. The van der Waals surface area contributed by atoms with Crippen LogP contribution in [0.15, 0.2) is 39.5 Å². The number of ether oxygens (including phenoxy) is 1. The molecule has 3 aromatic rings. The molecule has 0 radical (unpaired) electrons. The number of phenolic OH excluding ortho intramolecular Hbond substituents is 4. The van der Waals surface area contributed by atoms with E-state index in [1.807, 2.05) is 0 Å². The fraction of sp³-hybridized carbons (Fsp3) is 0.286. The van der Waals surface area contributed by atoms with E-state index >= 15 is 0 Å². The highest BCUT2D eigenvalue weighted by Crippen LogP contribution is 2.44. The Morgan fingerprint density at radius 3 is 2.23 bits per heavy atom. The van der Waals surface area contributed by atoms with Gasteiger partial charge in [0.1, 0.15) is 52.6 Å². The van der Waals surface area contributed by atoms with Crippen molar-refractivity contribution in [2.45, 2.75) is 37.4 Å². The molecule has 0 aliphatic carbocycles. The van der Waals surface area contributed by atoms with E-state index < -0.39 is 53.2 Å². The summed E-state index contributed by atoms with van der Waals surface area (Å²) in [5.41, 5.74) is -0.955. The number of fused-ring (bicyclic) bond motifs is 1. The van der Waals surface area contributed by atoms with Gasteiger partial charge in [-0.3, -0.25) is 4.79 Å². The van der Waals surface area contributed by atoms with Crippen molar-refractivity contribution in [1.29, 1.82) is 0 Å². The number of benzene rings is 2. The molecule has 2 aromatic carbocycles. The first kappa shape index (κ1) is 20.9. The number of hydrogen-bond donors (Lipinski definition) is 7. The highest BCUT2D eigenvalue weighted by atomic mass is 16.5. The molecule has 0 unspecified atom stereocenters. The first-order chi connectivity index (χ1) is 14.6. The Bertz CT molecular complexity index is 1220. The van der Waals surface area contributed by atoms with E-state index in [-0.39, 0.29) is 33.6 Å². The van der Waals surface area contributed by atoms with Crippen LogP contribution >= 0.6 is 0 Å². The first-order valence-electron chi connectivity index (χ1n) is 9.34. The van der Waals surface area contributed by atoms with Crippen molar-refractivity contribution >= 4 is 11.0 Å². The van der Waals surface area contributed by atoms with E-state index in [2.05, 4.69) is 0 Å². The van der Waals surface area contributed by atoms with Crippen molar-refractivity contribution in [2.75, 3.05) is 0 Å². The van der Waals surface area contributed by atoms with E-state index in [1.165, 1.54) is 25.1 Å². The van der Waals surface area contributed by atoms with Crippen LogP contribution in [0, 0.1) is 0 Å². The minimum atomic E-state index is -1.69. The van der Waals surface area contributed by atoms with Gasteiger partial charge in [0.05, 0.1) is 11.7 Å². The SMILES string of the molecule is C[C@H]1O[C@@H](c2c(O)cc3oc(-c4ccc(O)c(O)c4)cc(=O)c3c2O)[C@H](O)[C@@H](O)[C@H]1O. The van der Waals surface area contributed by atoms with Gasteiger partial charge in [-0.2, -0.15) is 0 Å². The Balaban J connectivity index is 1.87. The van der Waals surface area contributed by atoms with Gasteiger partial charge in [0.15, 0.2) is 16.9 Å². The van der Waals surface area contributed by atoms with E-state index in [0.29, 0.717) is 0 Å². The maximum absolute atomic E-state index is 12.7. The Kier molecular flexibility index (Phi) is 5.02. The molecular formula is C21H20O10. The molecule has 31 heavy (non-hydrogen) atoms. The zero-order valence-corrected chi connectivity index (χ0v) is 16.1. The molecule has 1 aliphatic heterocycles. The lowest BCUT2D eigenvalue weighted by atomic mass is 9.90. The molecule has 4 rings (SSSR count). The quantitative estimate of drug-likeness (QED) is 0.286. The van der Waals surface area contributed by atoms with Crippen LogP contribution in [-0.2, 0) is 4.74 Å². The van der Waals surface area contributed by atoms with Gasteiger partial charge in [0, 0.05) is 17.7 Å². The molecule has 1 saturated heterocycles. The molecule has 0 bridgehead atoms. The molecule has 10 nitrogen and oxygen atoms in total. The van der Waals surface area contributed by atoms with Gasteiger partial charge in [0.25, 0.3) is 0 Å². The van der Waals surface area contributed by atoms with Crippen molar-refractivity contribution < 1.29 is 44.9 Å². The number of hydrogen-bond acceptors (Lipinski definition) is 10. The number of phenols is 4. The van der Waals surface area contributed by atoms with Crippen molar-refractivity contribution in [2.24, 2.45) is 0 Å². The van der Waals surface area contributed by atoms with Crippen LogP contribution in [0.4, 0.5) is 0 Å². The molecule has 164 valence electrons. The normalized spacial score (nSPS) is 26.3. The molecule has 0 amide bonds. The second-order valence-electron chi connectivity index (χ2n) is 7.44. The molecule has 10 heteroatoms. The van der Waals surface area contributed by atoms with Crippen LogP contribution in [0.3, 0.4) is 0 Å². The average Bonchev–Trinajstić information content (AvgIpc) is 2.71. The molecule has 5 atom stereocenters. The number of aromatic hydroxyl groups is 4. The van der Waals surface area contributed by atoms with Gasteiger partial charge in [-0.1, -0.05) is 0 Å². The summed E-state index contributed by atoms with van der Waals surface area (Å²) in [5.74, 6) is -2.07. The van der Waals surface area contributed by atoms with Crippen LogP contribution < -0.4 is 5.43 Å². The van der Waals surface area contributed by atoms with Crippen LogP contribution in [0.25, 0.3) is 22.3 Å². The number of aliphatic hydroxyl groups excluding tert-OH is 3. The molecule has 0 saturated carbocycles. The predicted octanol–water partition coefficient (Wildman–Crippen LogP) is 0.825. The second-order valence-corrected chi connectivity index (χ2v) is 7.44. The summed E-state index contributed by atoms with van der Waals surface area (Å²) in [5, 5.41) is 70.3. The summed E-state index contributed by atoms with van der Waals surface area (Å²) >= 11 is 0. The summed E-state index contributed by atoms with van der Waals surface area (Å²) < 4.78 is 11.1. The van der Waals surface area contributed by atoms with Crippen molar-refractivity contribution in [1.82, 2.24) is 0 Å².